The van der Waals surface area contributed by atoms with Gasteiger partial charge in [-0.2, -0.15) is 39.5 Å². The maximum Gasteiger partial charge on any atom is 0.460 e. The van der Waals surface area contributed by atoms with Crippen LogP contribution in [0.2, 0.25) is 0 Å². The van der Waals surface area contributed by atoms with Crippen LogP contribution in [0.3, 0.4) is 0 Å². The van der Waals surface area contributed by atoms with Gasteiger partial charge in [0.1, 0.15) is 0 Å². The molecule has 0 rings (SSSR count). The monoisotopic (exact) mass is 350 g/mol. The van der Waals surface area contributed by atoms with E-state index in [9.17, 15) is 44.3 Å². The Morgan fingerprint density at radius 3 is 1.64 bits per heavy atom. The standard InChI is InChI=1S/C10H12F9NO2/c1-20(2,5-6(21)22)4-3-7(11,12)8(13,14)9(15,16)10(17,18)19/h3-5H2,1-2H3/p+1. The molecule has 0 bridgehead atoms. The molecule has 0 unspecified atom stereocenters. The van der Waals surface area contributed by atoms with Crippen LogP contribution in [0.1, 0.15) is 6.42 Å². The Balaban J connectivity index is 5.27. The highest BCUT2D eigenvalue weighted by Crippen LogP contribution is 2.54. The van der Waals surface area contributed by atoms with Crippen LogP contribution in [-0.4, -0.2) is 66.7 Å². The van der Waals surface area contributed by atoms with Gasteiger partial charge in [0.25, 0.3) is 0 Å². The van der Waals surface area contributed by atoms with E-state index in [1.807, 2.05) is 0 Å². The van der Waals surface area contributed by atoms with E-state index in [4.69, 9.17) is 5.11 Å². The molecule has 0 amide bonds. The molecule has 0 saturated heterocycles. The van der Waals surface area contributed by atoms with Gasteiger partial charge in [-0.1, -0.05) is 0 Å². The van der Waals surface area contributed by atoms with E-state index >= 15 is 0 Å². The number of carboxylic acids is 1. The van der Waals surface area contributed by atoms with Crippen molar-refractivity contribution in [2.45, 2.75) is 30.4 Å². The molecule has 0 aromatic rings. The van der Waals surface area contributed by atoms with E-state index in [0.29, 0.717) is 0 Å². The second-order valence-corrected chi connectivity index (χ2v) is 5.31. The fourth-order valence-electron chi connectivity index (χ4n) is 1.45. The number of carboxylic acid groups (broad SMARTS) is 1. The highest BCUT2D eigenvalue weighted by Gasteiger charge is 2.81. The maximum atomic E-state index is 13.2. The molecule has 0 spiro atoms. The molecule has 0 aromatic heterocycles. The number of likely N-dealkylation sites (N-methyl/N-ethyl adjacent to an activating group) is 1. The molecular weight excluding hydrogens is 337 g/mol. The van der Waals surface area contributed by atoms with Gasteiger partial charge in [-0.05, 0) is 0 Å². The molecule has 0 fully saturated rings. The quantitative estimate of drug-likeness (QED) is 0.566. The lowest BCUT2D eigenvalue weighted by atomic mass is 10.0. The number of carbonyl (C=O) groups is 1. The average Bonchev–Trinajstić information content (AvgIpc) is 2.23. The Hall–Kier alpha value is -1.20. The predicted molar refractivity (Wildman–Crippen MR) is 55.0 cm³/mol. The lowest BCUT2D eigenvalue weighted by Crippen LogP contribution is -2.61. The lowest BCUT2D eigenvalue weighted by molar-refractivity contribution is -0.884. The summed E-state index contributed by atoms with van der Waals surface area (Å²) in [5.41, 5.74) is 0. The minimum absolute atomic E-state index is 0.807. The third-order valence-corrected chi connectivity index (χ3v) is 2.80. The van der Waals surface area contributed by atoms with Crippen molar-refractivity contribution < 1.29 is 53.9 Å². The van der Waals surface area contributed by atoms with Crippen LogP contribution in [0, 0.1) is 0 Å². The number of aliphatic carboxylic acids is 1. The van der Waals surface area contributed by atoms with Crippen molar-refractivity contribution in [1.82, 2.24) is 0 Å². The summed E-state index contributed by atoms with van der Waals surface area (Å²) in [6.07, 6.45) is -8.91. The van der Waals surface area contributed by atoms with Crippen molar-refractivity contribution in [2.75, 3.05) is 27.2 Å². The van der Waals surface area contributed by atoms with Gasteiger partial charge in [0.15, 0.2) is 6.54 Å². The Morgan fingerprint density at radius 1 is 0.909 bits per heavy atom. The Kier molecular flexibility index (Phi) is 5.46. The van der Waals surface area contributed by atoms with E-state index in [2.05, 4.69) is 0 Å². The predicted octanol–water partition coefficient (Wildman–Crippen LogP) is 3.01. The summed E-state index contributed by atoms with van der Waals surface area (Å²) >= 11 is 0. The molecule has 0 aliphatic heterocycles. The number of halogens is 9. The number of hydrogen-bond acceptors (Lipinski definition) is 1. The van der Waals surface area contributed by atoms with Gasteiger partial charge in [0.2, 0.25) is 0 Å². The van der Waals surface area contributed by atoms with Crippen LogP contribution in [-0.2, 0) is 4.79 Å². The largest absolute Gasteiger partial charge is 0.477 e. The molecule has 0 heterocycles. The highest BCUT2D eigenvalue weighted by molar-refractivity contribution is 5.67. The van der Waals surface area contributed by atoms with Crippen molar-refractivity contribution >= 4 is 5.97 Å². The molecule has 0 radical (unpaired) electrons. The van der Waals surface area contributed by atoms with Gasteiger partial charge in [0.05, 0.1) is 27.1 Å². The van der Waals surface area contributed by atoms with Crippen molar-refractivity contribution in [3.63, 3.8) is 0 Å². The van der Waals surface area contributed by atoms with E-state index in [1.165, 1.54) is 0 Å². The first-order chi connectivity index (χ1) is 9.37. The first-order valence-electron chi connectivity index (χ1n) is 5.61. The molecular formula is C10H13F9NO2+. The molecule has 0 aliphatic carbocycles. The number of quaternary nitrogens is 1. The third kappa shape index (κ3) is 4.17. The summed E-state index contributed by atoms with van der Waals surface area (Å²) in [5.74, 6) is -20.8. The molecule has 132 valence electrons. The molecule has 0 aromatic carbocycles. The van der Waals surface area contributed by atoms with Gasteiger partial charge in [-0.3, -0.25) is 0 Å². The first kappa shape index (κ1) is 20.8. The van der Waals surface area contributed by atoms with E-state index in [0.717, 1.165) is 14.1 Å². The third-order valence-electron chi connectivity index (χ3n) is 2.80. The highest BCUT2D eigenvalue weighted by atomic mass is 19.4. The number of nitrogens with zero attached hydrogens (tertiary/aromatic N) is 1. The number of alkyl halides is 9. The summed E-state index contributed by atoms with van der Waals surface area (Å²) in [5, 5.41) is 8.45. The lowest BCUT2D eigenvalue weighted by Gasteiger charge is -2.35. The molecule has 3 nitrogen and oxygen atoms in total. The Bertz CT molecular complexity index is 417. The van der Waals surface area contributed by atoms with Crippen LogP contribution < -0.4 is 0 Å². The summed E-state index contributed by atoms with van der Waals surface area (Å²) in [7, 11) is 2.04. The molecule has 0 atom stereocenters. The van der Waals surface area contributed by atoms with Gasteiger partial charge < -0.3 is 9.59 Å². The zero-order chi connectivity index (χ0) is 18.2. The topological polar surface area (TPSA) is 37.3 Å². The average molecular weight is 350 g/mol. The van der Waals surface area contributed by atoms with Crippen LogP contribution in [0.25, 0.3) is 0 Å². The van der Waals surface area contributed by atoms with Crippen molar-refractivity contribution in [2.24, 2.45) is 0 Å². The minimum Gasteiger partial charge on any atom is -0.477 e. The summed E-state index contributed by atoms with van der Waals surface area (Å²) in [6.45, 7) is -1.86. The molecule has 1 N–H and O–H groups in total. The van der Waals surface area contributed by atoms with Gasteiger partial charge >= 0.3 is 29.9 Å². The Labute approximate surface area is 118 Å². The van der Waals surface area contributed by atoms with Crippen molar-refractivity contribution in [3.8, 4) is 0 Å². The van der Waals surface area contributed by atoms with Crippen LogP contribution in [0.15, 0.2) is 0 Å². The van der Waals surface area contributed by atoms with Crippen molar-refractivity contribution in [3.05, 3.63) is 0 Å². The van der Waals surface area contributed by atoms with Crippen molar-refractivity contribution in [1.29, 1.82) is 0 Å². The number of rotatable bonds is 7. The minimum atomic E-state index is -6.92. The number of hydrogen-bond donors (Lipinski definition) is 1. The van der Waals surface area contributed by atoms with E-state index in [-0.39, 0.29) is 0 Å². The first-order valence-corrected chi connectivity index (χ1v) is 5.61. The second-order valence-electron chi connectivity index (χ2n) is 5.31. The Morgan fingerprint density at radius 2 is 1.32 bits per heavy atom. The van der Waals surface area contributed by atoms with Crippen LogP contribution >= 0.6 is 0 Å². The molecule has 22 heavy (non-hydrogen) atoms. The fraction of sp³-hybridized carbons (Fsp3) is 0.900. The molecule has 12 heteroatoms. The van der Waals surface area contributed by atoms with Gasteiger partial charge in [-0.25, -0.2) is 4.79 Å². The second kappa shape index (κ2) is 5.78. The van der Waals surface area contributed by atoms with E-state index in [1.54, 1.807) is 0 Å². The molecule has 0 saturated carbocycles. The van der Waals surface area contributed by atoms with Gasteiger partial charge in [0, 0.05) is 0 Å². The maximum absolute atomic E-state index is 13.2. The zero-order valence-corrected chi connectivity index (χ0v) is 11.3. The smallest absolute Gasteiger partial charge is 0.460 e. The normalized spacial score (nSPS) is 15.0. The van der Waals surface area contributed by atoms with E-state index < -0.39 is 53.9 Å². The zero-order valence-electron chi connectivity index (χ0n) is 11.3. The van der Waals surface area contributed by atoms with Crippen LogP contribution in [0.4, 0.5) is 39.5 Å². The summed E-state index contributed by atoms with van der Waals surface area (Å²) < 4.78 is 112. The fourth-order valence-corrected chi connectivity index (χ4v) is 1.45. The summed E-state index contributed by atoms with van der Waals surface area (Å²) in [4.78, 5) is 10.4. The molecule has 0 aliphatic rings. The van der Waals surface area contributed by atoms with Gasteiger partial charge in [-0.15, -0.1) is 0 Å². The SMILES string of the molecule is C[N+](C)(CCC(F)(F)C(F)(F)C(F)(F)C(F)(F)F)CC(=O)O. The van der Waals surface area contributed by atoms with Crippen LogP contribution in [0.5, 0.6) is 0 Å². The summed E-state index contributed by atoms with van der Waals surface area (Å²) in [6, 6.07) is 0.